The van der Waals surface area contributed by atoms with Gasteiger partial charge in [0, 0.05) is 24.5 Å². The maximum absolute atomic E-state index is 12.0. The molecule has 0 aliphatic heterocycles. The smallest absolute Gasteiger partial charge is 0.271 e. The number of nitrogens with one attached hydrogen (secondary N) is 1. The van der Waals surface area contributed by atoms with E-state index in [-0.39, 0.29) is 5.91 Å². The van der Waals surface area contributed by atoms with Crippen LogP contribution >= 0.6 is 0 Å². The SMILES string of the molecule is Cc1cccc2nc(C(=O)NCC(C)N(C)C)cn12. The van der Waals surface area contributed by atoms with E-state index in [0.717, 1.165) is 11.3 Å². The quantitative estimate of drug-likeness (QED) is 0.902. The Morgan fingerprint density at radius 1 is 1.47 bits per heavy atom. The topological polar surface area (TPSA) is 49.6 Å². The number of rotatable bonds is 4. The van der Waals surface area contributed by atoms with Crippen molar-refractivity contribution < 1.29 is 4.79 Å². The first-order valence-electron chi connectivity index (χ1n) is 6.38. The average molecular weight is 260 g/mol. The number of aromatic nitrogens is 2. The summed E-state index contributed by atoms with van der Waals surface area (Å²) in [6.07, 6.45) is 1.78. The lowest BCUT2D eigenvalue weighted by atomic mass is 10.3. The van der Waals surface area contributed by atoms with Crippen molar-refractivity contribution >= 4 is 11.6 Å². The number of carbonyl (C=O) groups is 1. The number of amides is 1. The van der Waals surface area contributed by atoms with Gasteiger partial charge >= 0.3 is 0 Å². The van der Waals surface area contributed by atoms with Crippen LogP contribution in [0.1, 0.15) is 23.1 Å². The minimum absolute atomic E-state index is 0.128. The van der Waals surface area contributed by atoms with Crippen molar-refractivity contribution in [3.05, 3.63) is 35.8 Å². The molecule has 0 aromatic carbocycles. The second-order valence-corrected chi connectivity index (χ2v) is 5.04. The van der Waals surface area contributed by atoms with E-state index >= 15 is 0 Å². The molecule has 2 aromatic heterocycles. The van der Waals surface area contributed by atoms with Crippen LogP contribution in [0.25, 0.3) is 5.65 Å². The van der Waals surface area contributed by atoms with Crippen molar-refractivity contribution in [2.24, 2.45) is 0 Å². The van der Waals surface area contributed by atoms with Crippen LogP contribution in [0, 0.1) is 6.92 Å². The van der Waals surface area contributed by atoms with Crippen molar-refractivity contribution in [2.45, 2.75) is 19.9 Å². The summed E-state index contributed by atoms with van der Waals surface area (Å²) in [5.74, 6) is -0.128. The largest absolute Gasteiger partial charge is 0.349 e. The molecule has 1 unspecified atom stereocenters. The predicted molar refractivity (Wildman–Crippen MR) is 75.4 cm³/mol. The number of aryl methyl sites for hydroxylation is 1. The fraction of sp³-hybridized carbons (Fsp3) is 0.429. The molecule has 0 fully saturated rings. The maximum Gasteiger partial charge on any atom is 0.271 e. The monoisotopic (exact) mass is 260 g/mol. The Morgan fingerprint density at radius 3 is 2.84 bits per heavy atom. The summed E-state index contributed by atoms with van der Waals surface area (Å²) in [5, 5.41) is 2.90. The number of hydrogen-bond donors (Lipinski definition) is 1. The fourth-order valence-corrected chi connectivity index (χ4v) is 1.77. The van der Waals surface area contributed by atoms with Crippen LogP contribution in [0.3, 0.4) is 0 Å². The third kappa shape index (κ3) is 2.93. The zero-order chi connectivity index (χ0) is 14.0. The summed E-state index contributed by atoms with van der Waals surface area (Å²) in [6.45, 7) is 4.66. The first-order chi connectivity index (χ1) is 8.99. The van der Waals surface area contributed by atoms with Crippen LogP contribution in [0.5, 0.6) is 0 Å². The van der Waals surface area contributed by atoms with Crippen molar-refractivity contribution in [3.8, 4) is 0 Å². The molecule has 2 rings (SSSR count). The van der Waals surface area contributed by atoms with Crippen LogP contribution in [0.15, 0.2) is 24.4 Å². The maximum atomic E-state index is 12.0. The fourth-order valence-electron chi connectivity index (χ4n) is 1.77. The Labute approximate surface area is 113 Å². The Hall–Kier alpha value is -1.88. The lowest BCUT2D eigenvalue weighted by molar-refractivity contribution is 0.0939. The molecule has 19 heavy (non-hydrogen) atoms. The van der Waals surface area contributed by atoms with E-state index in [1.54, 1.807) is 6.20 Å². The van der Waals surface area contributed by atoms with E-state index < -0.39 is 0 Å². The second-order valence-electron chi connectivity index (χ2n) is 5.04. The van der Waals surface area contributed by atoms with Gasteiger partial charge in [-0.1, -0.05) is 6.07 Å². The van der Waals surface area contributed by atoms with E-state index in [1.165, 1.54) is 0 Å². The van der Waals surface area contributed by atoms with Gasteiger partial charge in [0.05, 0.1) is 0 Å². The van der Waals surface area contributed by atoms with Crippen LogP contribution in [0.4, 0.5) is 0 Å². The van der Waals surface area contributed by atoms with Gasteiger partial charge in [0.25, 0.3) is 5.91 Å². The van der Waals surface area contributed by atoms with Gasteiger partial charge in [-0.3, -0.25) is 4.79 Å². The molecular weight excluding hydrogens is 240 g/mol. The number of fused-ring (bicyclic) bond motifs is 1. The van der Waals surface area contributed by atoms with Crippen molar-refractivity contribution in [2.75, 3.05) is 20.6 Å². The summed E-state index contributed by atoms with van der Waals surface area (Å²) in [7, 11) is 3.98. The number of likely N-dealkylation sites (N-methyl/N-ethyl adjacent to an activating group) is 1. The Bertz CT molecular complexity index is 588. The standard InChI is InChI=1S/C14H20N4O/c1-10-6-5-7-13-16-12(9-18(10)13)14(19)15-8-11(2)17(3)4/h5-7,9,11H,8H2,1-4H3,(H,15,19). The summed E-state index contributed by atoms with van der Waals surface area (Å²) in [4.78, 5) is 18.4. The first-order valence-corrected chi connectivity index (χ1v) is 6.38. The van der Waals surface area contributed by atoms with E-state index in [1.807, 2.05) is 43.6 Å². The van der Waals surface area contributed by atoms with Crippen LogP contribution in [-0.2, 0) is 0 Å². The van der Waals surface area contributed by atoms with Crippen LogP contribution in [0.2, 0.25) is 0 Å². The highest BCUT2D eigenvalue weighted by molar-refractivity contribution is 5.92. The summed E-state index contributed by atoms with van der Waals surface area (Å²) in [6, 6.07) is 6.12. The molecule has 5 heteroatoms. The van der Waals surface area contributed by atoms with Gasteiger partial charge in [0.15, 0.2) is 0 Å². The molecule has 0 saturated heterocycles. The van der Waals surface area contributed by atoms with Crippen molar-refractivity contribution in [3.63, 3.8) is 0 Å². The number of hydrogen-bond acceptors (Lipinski definition) is 3. The molecule has 1 amide bonds. The van der Waals surface area contributed by atoms with E-state index in [0.29, 0.717) is 18.3 Å². The molecular formula is C14H20N4O. The zero-order valence-electron chi connectivity index (χ0n) is 11.8. The van der Waals surface area contributed by atoms with Gasteiger partial charge in [-0.15, -0.1) is 0 Å². The average Bonchev–Trinajstić information content (AvgIpc) is 2.80. The number of nitrogens with zero attached hydrogens (tertiary/aromatic N) is 3. The summed E-state index contributed by atoms with van der Waals surface area (Å²) in [5.41, 5.74) is 2.32. The third-order valence-corrected chi connectivity index (χ3v) is 3.37. The highest BCUT2D eigenvalue weighted by atomic mass is 16.1. The van der Waals surface area contributed by atoms with Gasteiger partial charge < -0.3 is 14.6 Å². The highest BCUT2D eigenvalue weighted by Crippen LogP contribution is 2.08. The zero-order valence-corrected chi connectivity index (χ0v) is 11.8. The number of pyridine rings is 1. The molecule has 0 aliphatic carbocycles. The Kier molecular flexibility index (Phi) is 3.85. The van der Waals surface area contributed by atoms with Crippen molar-refractivity contribution in [1.29, 1.82) is 0 Å². The number of carbonyl (C=O) groups excluding carboxylic acids is 1. The van der Waals surface area contributed by atoms with Crippen LogP contribution < -0.4 is 5.32 Å². The van der Waals surface area contributed by atoms with E-state index in [2.05, 4.69) is 22.1 Å². The van der Waals surface area contributed by atoms with Gasteiger partial charge in [0.2, 0.25) is 0 Å². The third-order valence-electron chi connectivity index (χ3n) is 3.37. The van der Waals surface area contributed by atoms with Crippen LogP contribution in [-0.4, -0.2) is 46.9 Å². The second kappa shape index (κ2) is 5.40. The Balaban J connectivity index is 2.12. The molecule has 102 valence electrons. The van der Waals surface area contributed by atoms with Gasteiger partial charge in [-0.2, -0.15) is 0 Å². The molecule has 0 aliphatic rings. The molecule has 0 saturated carbocycles. The molecule has 2 heterocycles. The summed E-state index contributed by atoms with van der Waals surface area (Å²) >= 11 is 0. The highest BCUT2D eigenvalue weighted by Gasteiger charge is 2.13. The van der Waals surface area contributed by atoms with Gasteiger partial charge in [0.1, 0.15) is 11.3 Å². The molecule has 1 atom stereocenters. The van der Waals surface area contributed by atoms with Gasteiger partial charge in [-0.25, -0.2) is 4.98 Å². The minimum atomic E-state index is -0.128. The summed E-state index contributed by atoms with van der Waals surface area (Å²) < 4.78 is 1.92. The number of imidazole rings is 1. The molecule has 0 bridgehead atoms. The molecule has 1 N–H and O–H groups in total. The van der Waals surface area contributed by atoms with Crippen molar-refractivity contribution in [1.82, 2.24) is 19.6 Å². The molecule has 0 spiro atoms. The van der Waals surface area contributed by atoms with E-state index in [9.17, 15) is 4.79 Å². The van der Waals surface area contributed by atoms with Gasteiger partial charge in [-0.05, 0) is 40.1 Å². The lowest BCUT2D eigenvalue weighted by Gasteiger charge is -2.19. The first kappa shape index (κ1) is 13.5. The lowest BCUT2D eigenvalue weighted by Crippen LogP contribution is -2.38. The minimum Gasteiger partial charge on any atom is -0.349 e. The Morgan fingerprint density at radius 2 is 2.21 bits per heavy atom. The predicted octanol–water partition coefficient (Wildman–Crippen LogP) is 1.32. The molecule has 0 radical (unpaired) electrons. The molecule has 5 nitrogen and oxygen atoms in total. The normalized spacial score (nSPS) is 12.9. The van der Waals surface area contributed by atoms with E-state index in [4.69, 9.17) is 0 Å². The molecule has 2 aromatic rings.